The number of nitrogens with zero attached hydrogens (tertiary/aromatic N) is 3. The smallest absolute Gasteiger partial charge is 0.306 e. The van der Waals surface area contributed by atoms with E-state index in [1.807, 2.05) is 61.5 Å². The maximum atomic E-state index is 13.1. The summed E-state index contributed by atoms with van der Waals surface area (Å²) in [5.41, 5.74) is 12.6. The van der Waals surface area contributed by atoms with Gasteiger partial charge < -0.3 is 30.9 Å². The van der Waals surface area contributed by atoms with Crippen LogP contribution in [0.2, 0.25) is 0 Å². The zero-order valence-electron chi connectivity index (χ0n) is 26.3. The largest absolute Gasteiger partial charge is 0.481 e. The number of carbonyl (C=O) groups excluding carboxylic acids is 1. The first-order valence-corrected chi connectivity index (χ1v) is 15.1. The van der Waals surface area contributed by atoms with Crippen molar-refractivity contribution in [2.45, 2.75) is 46.0 Å². The van der Waals surface area contributed by atoms with Crippen LogP contribution in [0.4, 0.5) is 28.6 Å². The van der Waals surface area contributed by atoms with E-state index in [0.29, 0.717) is 54.3 Å². The third-order valence-corrected chi connectivity index (χ3v) is 8.42. The van der Waals surface area contributed by atoms with Crippen LogP contribution in [-0.4, -0.2) is 39.6 Å². The number of carboxylic acids is 1. The number of aryl methyl sites for hydroxylation is 1. The third kappa shape index (κ3) is 6.85. The van der Waals surface area contributed by atoms with E-state index in [9.17, 15) is 19.5 Å². The molecule has 10 nitrogen and oxygen atoms in total. The van der Waals surface area contributed by atoms with Crippen molar-refractivity contribution in [1.29, 1.82) is 0 Å². The molecule has 1 aliphatic rings. The van der Waals surface area contributed by atoms with Crippen molar-refractivity contribution < 1.29 is 14.7 Å². The number of hydrogen-bond donors (Lipinski definition) is 4. The third-order valence-electron chi connectivity index (χ3n) is 8.42. The molecule has 0 unspecified atom stereocenters. The summed E-state index contributed by atoms with van der Waals surface area (Å²) in [6.07, 6.45) is 2.80. The van der Waals surface area contributed by atoms with Gasteiger partial charge in [0.05, 0.1) is 23.0 Å². The molecular weight excluding hydrogens is 568 g/mol. The maximum absolute atomic E-state index is 13.1. The number of rotatable bonds is 7. The van der Waals surface area contributed by atoms with Crippen LogP contribution in [0.25, 0.3) is 11.3 Å². The van der Waals surface area contributed by atoms with Gasteiger partial charge in [-0.05, 0) is 72.7 Å². The number of aromatic nitrogens is 2. The Bertz CT molecular complexity index is 1800. The fourth-order valence-electron chi connectivity index (χ4n) is 5.61. The predicted octanol–water partition coefficient (Wildman–Crippen LogP) is 5.93. The van der Waals surface area contributed by atoms with Gasteiger partial charge in [-0.1, -0.05) is 45.0 Å². The zero-order chi connectivity index (χ0) is 32.5. The van der Waals surface area contributed by atoms with E-state index < -0.39 is 5.97 Å². The lowest BCUT2D eigenvalue weighted by molar-refractivity contribution is -0.142. The van der Waals surface area contributed by atoms with Crippen molar-refractivity contribution in [1.82, 2.24) is 9.55 Å². The number of carbonyl (C=O) groups is 2. The van der Waals surface area contributed by atoms with Crippen LogP contribution in [0.3, 0.4) is 0 Å². The monoisotopic (exact) mass is 608 g/mol. The molecule has 0 radical (unpaired) electrons. The first kappa shape index (κ1) is 31.3. The van der Waals surface area contributed by atoms with Gasteiger partial charge in [-0.25, -0.2) is 4.98 Å². The highest BCUT2D eigenvalue weighted by atomic mass is 16.4. The molecule has 2 heterocycles. The Hall–Kier alpha value is -5.12. The molecule has 0 bridgehead atoms. The van der Waals surface area contributed by atoms with Crippen LogP contribution >= 0.6 is 0 Å². The van der Waals surface area contributed by atoms with Crippen LogP contribution in [0.1, 0.15) is 55.1 Å². The molecule has 5 N–H and O–H groups in total. The second-order valence-electron chi connectivity index (χ2n) is 12.6. The number of aliphatic carboxylic acids is 1. The normalized spacial score (nSPS) is 13.8. The Morgan fingerprint density at radius 3 is 2.33 bits per heavy atom. The van der Waals surface area contributed by atoms with E-state index in [2.05, 4.69) is 41.3 Å². The lowest BCUT2D eigenvalue weighted by Crippen LogP contribution is -2.36. The highest BCUT2D eigenvalue weighted by Gasteiger charge is 2.25. The number of nitrogens with one attached hydrogen (secondary N) is 2. The van der Waals surface area contributed by atoms with Crippen molar-refractivity contribution in [2.75, 3.05) is 34.4 Å². The van der Waals surface area contributed by atoms with Gasteiger partial charge in [0.1, 0.15) is 0 Å². The molecule has 1 saturated heterocycles. The number of anilines is 5. The van der Waals surface area contributed by atoms with E-state index in [4.69, 9.17) is 5.73 Å². The molecule has 4 aromatic rings. The van der Waals surface area contributed by atoms with Crippen molar-refractivity contribution in [3.63, 3.8) is 0 Å². The molecule has 1 amide bonds. The summed E-state index contributed by atoms with van der Waals surface area (Å²) in [6, 6.07) is 18.7. The number of nitrogen functional groups attached to an aromatic ring is 1. The van der Waals surface area contributed by atoms with Crippen LogP contribution in [-0.2, 0) is 17.3 Å². The van der Waals surface area contributed by atoms with Gasteiger partial charge in [0, 0.05) is 48.8 Å². The van der Waals surface area contributed by atoms with Crippen LogP contribution in [0.5, 0.6) is 0 Å². The first-order valence-electron chi connectivity index (χ1n) is 15.1. The van der Waals surface area contributed by atoms with Crippen molar-refractivity contribution in [3.05, 3.63) is 93.9 Å². The Labute approximate surface area is 262 Å². The van der Waals surface area contributed by atoms with Gasteiger partial charge in [0.15, 0.2) is 5.82 Å². The maximum Gasteiger partial charge on any atom is 0.306 e. The SMILES string of the molecule is Cc1c(NC(=O)c2ccc(C(C)(C)C)cc2)cccc1-c1cn(C)c(=O)c(Nc2ccc(N3CCC(C(=O)O)CC3)c(N)c2)n1. The van der Waals surface area contributed by atoms with Crippen LogP contribution in [0, 0.1) is 12.8 Å². The summed E-state index contributed by atoms with van der Waals surface area (Å²) in [7, 11) is 1.67. The topological polar surface area (TPSA) is 143 Å². The molecule has 1 fully saturated rings. The number of piperidine rings is 1. The highest BCUT2D eigenvalue weighted by molar-refractivity contribution is 6.05. The summed E-state index contributed by atoms with van der Waals surface area (Å²) < 4.78 is 1.47. The number of hydrogen-bond acceptors (Lipinski definition) is 7. The number of carboxylic acid groups (broad SMARTS) is 1. The molecular formula is C35H40N6O4. The quantitative estimate of drug-likeness (QED) is 0.189. The van der Waals surface area contributed by atoms with E-state index in [0.717, 1.165) is 22.4 Å². The summed E-state index contributed by atoms with van der Waals surface area (Å²) in [5.74, 6) is -1.16. The minimum atomic E-state index is -0.757. The number of nitrogens with two attached hydrogens (primary N) is 1. The molecule has 45 heavy (non-hydrogen) atoms. The fourth-order valence-corrected chi connectivity index (χ4v) is 5.61. The summed E-state index contributed by atoms with van der Waals surface area (Å²) in [6.45, 7) is 9.53. The Kier molecular flexibility index (Phi) is 8.68. The van der Waals surface area contributed by atoms with Crippen LogP contribution < -0.4 is 26.8 Å². The minimum Gasteiger partial charge on any atom is -0.481 e. The second kappa shape index (κ2) is 12.5. The van der Waals surface area contributed by atoms with Crippen molar-refractivity contribution in [3.8, 4) is 11.3 Å². The summed E-state index contributed by atoms with van der Waals surface area (Å²) >= 11 is 0. The molecule has 3 aromatic carbocycles. The molecule has 1 aliphatic heterocycles. The summed E-state index contributed by atoms with van der Waals surface area (Å²) in [5, 5.41) is 15.4. The average molecular weight is 609 g/mol. The summed E-state index contributed by atoms with van der Waals surface area (Å²) in [4.78, 5) is 44.3. The molecule has 0 atom stereocenters. The van der Waals surface area contributed by atoms with Crippen LogP contribution in [0.15, 0.2) is 71.7 Å². The molecule has 10 heteroatoms. The van der Waals surface area contributed by atoms with Crippen molar-refractivity contribution in [2.24, 2.45) is 13.0 Å². The molecule has 234 valence electrons. The number of amides is 1. The molecule has 5 rings (SSSR count). The molecule has 1 aromatic heterocycles. The molecule has 0 spiro atoms. The lowest BCUT2D eigenvalue weighted by Gasteiger charge is -2.32. The van der Waals surface area contributed by atoms with Gasteiger partial charge >= 0.3 is 5.97 Å². The van der Waals surface area contributed by atoms with Gasteiger partial charge in [-0.15, -0.1) is 0 Å². The average Bonchev–Trinajstić information content (AvgIpc) is 3.00. The second-order valence-corrected chi connectivity index (χ2v) is 12.6. The number of benzene rings is 3. The van der Waals surface area contributed by atoms with Gasteiger partial charge in [-0.2, -0.15) is 0 Å². The predicted molar refractivity (Wildman–Crippen MR) is 179 cm³/mol. The van der Waals surface area contributed by atoms with E-state index in [1.165, 1.54) is 4.57 Å². The van der Waals surface area contributed by atoms with Gasteiger partial charge in [-0.3, -0.25) is 14.4 Å². The van der Waals surface area contributed by atoms with Crippen molar-refractivity contribution >= 4 is 40.4 Å². The standard InChI is InChI=1S/C35H40N6O4/c1-21-26(7-6-8-28(21)39-32(42)22-9-11-24(12-10-22)35(2,3)4)29-20-40(5)33(43)31(38-29)37-25-13-14-30(27(36)19-25)41-17-15-23(16-18-41)34(44)45/h6-14,19-20,23H,15-18,36H2,1-5H3,(H,37,38)(H,39,42)(H,44,45). The van der Waals surface area contributed by atoms with Gasteiger partial charge in [0.2, 0.25) is 0 Å². The Balaban J connectivity index is 1.36. The Morgan fingerprint density at radius 1 is 1.02 bits per heavy atom. The fraction of sp³-hybridized carbons (Fsp3) is 0.314. The Morgan fingerprint density at radius 2 is 1.71 bits per heavy atom. The molecule has 0 saturated carbocycles. The first-order chi connectivity index (χ1) is 21.3. The zero-order valence-corrected chi connectivity index (χ0v) is 26.3. The highest BCUT2D eigenvalue weighted by Crippen LogP contribution is 2.32. The van der Waals surface area contributed by atoms with E-state index >= 15 is 0 Å². The van der Waals surface area contributed by atoms with E-state index in [1.54, 1.807) is 19.3 Å². The molecule has 0 aliphatic carbocycles. The lowest BCUT2D eigenvalue weighted by atomic mass is 9.86. The van der Waals surface area contributed by atoms with E-state index in [-0.39, 0.29) is 28.6 Å². The minimum absolute atomic E-state index is 0.00523. The van der Waals surface area contributed by atoms with Gasteiger partial charge in [0.25, 0.3) is 11.5 Å².